The van der Waals surface area contributed by atoms with Gasteiger partial charge in [-0.3, -0.25) is 0 Å². The molecule has 88 valence electrons. The van der Waals surface area contributed by atoms with Crippen LogP contribution in [0.5, 0.6) is 0 Å². The van der Waals surface area contributed by atoms with Gasteiger partial charge in [0.1, 0.15) is 0 Å². The Labute approximate surface area is 116 Å². The summed E-state index contributed by atoms with van der Waals surface area (Å²) in [4.78, 5) is 0. The van der Waals surface area contributed by atoms with Crippen LogP contribution in [0.1, 0.15) is 22.8 Å². The van der Waals surface area contributed by atoms with E-state index in [1.165, 1.54) is 11.1 Å². The smallest absolute Gasteiger partial charge is 0.0840 e. The predicted octanol–water partition coefficient (Wildman–Crippen LogP) is 3.88. The normalized spacial score (nSPS) is 12.4. The van der Waals surface area contributed by atoms with Crippen LogP contribution in [0.25, 0.3) is 0 Å². The molecule has 0 saturated carbocycles. The Morgan fingerprint density at radius 3 is 2.35 bits per heavy atom. The van der Waals surface area contributed by atoms with Crippen molar-refractivity contribution in [3.63, 3.8) is 0 Å². The van der Waals surface area contributed by atoms with Crippen LogP contribution < -0.4 is 0 Å². The first kappa shape index (κ1) is 12.6. The molecule has 2 heteroatoms. The highest BCUT2D eigenvalue weighted by molar-refractivity contribution is 14.1. The summed E-state index contributed by atoms with van der Waals surface area (Å²) in [6.07, 6.45) is 0.242. The summed E-state index contributed by atoms with van der Waals surface area (Å²) in [6, 6.07) is 16.3. The van der Waals surface area contributed by atoms with Crippen LogP contribution in [0.15, 0.2) is 48.5 Å². The van der Waals surface area contributed by atoms with Crippen LogP contribution in [0.2, 0.25) is 0 Å². The molecule has 1 unspecified atom stereocenters. The van der Waals surface area contributed by atoms with Gasteiger partial charge in [0.15, 0.2) is 0 Å². The summed E-state index contributed by atoms with van der Waals surface area (Å²) in [5, 5.41) is 10.2. The van der Waals surface area contributed by atoms with Crippen molar-refractivity contribution in [2.75, 3.05) is 0 Å². The molecule has 0 aromatic heterocycles. The molecule has 0 amide bonds. The maximum Gasteiger partial charge on any atom is 0.0840 e. The van der Waals surface area contributed by atoms with Gasteiger partial charge in [0.2, 0.25) is 0 Å². The van der Waals surface area contributed by atoms with Crippen LogP contribution >= 0.6 is 22.6 Å². The van der Waals surface area contributed by atoms with Gasteiger partial charge < -0.3 is 5.11 Å². The van der Waals surface area contributed by atoms with E-state index in [0.717, 1.165) is 9.13 Å². The molecule has 0 bridgehead atoms. The third-order valence-corrected chi connectivity index (χ3v) is 3.80. The van der Waals surface area contributed by atoms with Crippen molar-refractivity contribution in [1.82, 2.24) is 0 Å². The van der Waals surface area contributed by atoms with Crippen LogP contribution in [0, 0.1) is 10.5 Å². The first-order valence-electron chi connectivity index (χ1n) is 5.65. The molecule has 0 saturated heterocycles. The summed E-state index contributed by atoms with van der Waals surface area (Å²) < 4.78 is 1.12. The van der Waals surface area contributed by atoms with Crippen LogP contribution in [-0.4, -0.2) is 5.11 Å². The Hall–Kier alpha value is -0.870. The Balaban J connectivity index is 2.14. The number of aliphatic hydroxyl groups excluding tert-OH is 1. The SMILES string of the molecule is Cc1ccc(CC(O)c2ccccc2I)cc1. The molecule has 0 aliphatic carbocycles. The molecule has 2 aromatic rings. The quantitative estimate of drug-likeness (QED) is 0.843. The monoisotopic (exact) mass is 338 g/mol. The van der Waals surface area contributed by atoms with Crippen molar-refractivity contribution in [3.8, 4) is 0 Å². The van der Waals surface area contributed by atoms with Crippen LogP contribution in [0.3, 0.4) is 0 Å². The molecule has 17 heavy (non-hydrogen) atoms. The number of hydrogen-bond acceptors (Lipinski definition) is 1. The van der Waals surface area contributed by atoms with Crippen LogP contribution in [-0.2, 0) is 6.42 Å². The Kier molecular flexibility index (Phi) is 4.18. The van der Waals surface area contributed by atoms with Crippen molar-refractivity contribution in [2.45, 2.75) is 19.4 Å². The van der Waals surface area contributed by atoms with Gasteiger partial charge in [-0.1, -0.05) is 48.0 Å². The van der Waals surface area contributed by atoms with E-state index in [0.29, 0.717) is 6.42 Å². The molecule has 1 N–H and O–H groups in total. The van der Waals surface area contributed by atoms with Gasteiger partial charge in [-0.05, 0) is 46.7 Å². The summed E-state index contributed by atoms with van der Waals surface area (Å²) >= 11 is 2.26. The Morgan fingerprint density at radius 1 is 1.06 bits per heavy atom. The minimum atomic E-state index is -0.425. The second-order valence-electron chi connectivity index (χ2n) is 4.23. The van der Waals surface area contributed by atoms with E-state index in [-0.39, 0.29) is 0 Å². The third-order valence-electron chi connectivity index (χ3n) is 2.81. The van der Waals surface area contributed by atoms with E-state index < -0.39 is 6.10 Å². The molecule has 0 spiro atoms. The average Bonchev–Trinajstić information content (AvgIpc) is 2.32. The largest absolute Gasteiger partial charge is 0.388 e. The van der Waals surface area contributed by atoms with E-state index in [2.05, 4.69) is 53.8 Å². The maximum absolute atomic E-state index is 10.2. The van der Waals surface area contributed by atoms with Crippen molar-refractivity contribution >= 4 is 22.6 Å². The summed E-state index contributed by atoms with van der Waals surface area (Å²) in [6.45, 7) is 2.07. The lowest BCUT2D eigenvalue weighted by atomic mass is 10.0. The topological polar surface area (TPSA) is 20.2 Å². The van der Waals surface area contributed by atoms with E-state index >= 15 is 0 Å². The second-order valence-corrected chi connectivity index (χ2v) is 5.39. The molecule has 2 rings (SSSR count). The minimum Gasteiger partial charge on any atom is -0.388 e. The van der Waals surface area contributed by atoms with E-state index in [1.54, 1.807) is 0 Å². The standard InChI is InChI=1S/C15H15IO/c1-11-6-8-12(9-7-11)10-15(17)13-4-2-3-5-14(13)16/h2-9,15,17H,10H2,1H3. The molecular formula is C15H15IO. The Morgan fingerprint density at radius 2 is 1.71 bits per heavy atom. The fraction of sp³-hybridized carbons (Fsp3) is 0.200. The van der Waals surface area contributed by atoms with Gasteiger partial charge in [0.05, 0.1) is 6.10 Å². The zero-order chi connectivity index (χ0) is 12.3. The number of rotatable bonds is 3. The molecule has 2 aromatic carbocycles. The highest BCUT2D eigenvalue weighted by atomic mass is 127. The van der Waals surface area contributed by atoms with Crippen molar-refractivity contribution < 1.29 is 5.11 Å². The van der Waals surface area contributed by atoms with Crippen molar-refractivity contribution in [2.24, 2.45) is 0 Å². The fourth-order valence-electron chi connectivity index (χ4n) is 1.80. The van der Waals surface area contributed by atoms with Gasteiger partial charge in [-0.15, -0.1) is 0 Å². The minimum absolute atomic E-state index is 0.425. The zero-order valence-corrected chi connectivity index (χ0v) is 11.9. The van der Waals surface area contributed by atoms with Crippen molar-refractivity contribution in [3.05, 3.63) is 68.8 Å². The van der Waals surface area contributed by atoms with Crippen LogP contribution in [0.4, 0.5) is 0 Å². The molecule has 0 aliphatic heterocycles. The highest BCUT2D eigenvalue weighted by Gasteiger charge is 2.11. The molecule has 0 radical (unpaired) electrons. The van der Waals surface area contributed by atoms with Gasteiger partial charge in [-0.2, -0.15) is 0 Å². The highest BCUT2D eigenvalue weighted by Crippen LogP contribution is 2.23. The van der Waals surface area contributed by atoms with E-state index in [4.69, 9.17) is 0 Å². The maximum atomic E-state index is 10.2. The summed E-state index contributed by atoms with van der Waals surface area (Å²) in [5.74, 6) is 0. The summed E-state index contributed by atoms with van der Waals surface area (Å²) in [7, 11) is 0. The predicted molar refractivity (Wildman–Crippen MR) is 79.0 cm³/mol. The van der Waals surface area contributed by atoms with Gasteiger partial charge >= 0.3 is 0 Å². The average molecular weight is 338 g/mol. The third kappa shape index (κ3) is 3.30. The molecular weight excluding hydrogens is 323 g/mol. The first-order chi connectivity index (χ1) is 8.16. The van der Waals surface area contributed by atoms with Crippen molar-refractivity contribution in [1.29, 1.82) is 0 Å². The molecule has 1 nitrogen and oxygen atoms in total. The lowest BCUT2D eigenvalue weighted by Crippen LogP contribution is -2.03. The van der Waals surface area contributed by atoms with Gasteiger partial charge in [-0.25, -0.2) is 0 Å². The summed E-state index contributed by atoms with van der Waals surface area (Å²) in [5.41, 5.74) is 3.42. The van der Waals surface area contributed by atoms with Gasteiger partial charge in [0.25, 0.3) is 0 Å². The number of aliphatic hydroxyl groups is 1. The number of benzene rings is 2. The molecule has 0 heterocycles. The first-order valence-corrected chi connectivity index (χ1v) is 6.73. The van der Waals surface area contributed by atoms with E-state index in [1.807, 2.05) is 24.3 Å². The number of halogens is 1. The Bertz CT molecular complexity index is 491. The lowest BCUT2D eigenvalue weighted by Gasteiger charge is -2.13. The molecule has 1 atom stereocenters. The number of hydrogen-bond donors (Lipinski definition) is 1. The lowest BCUT2D eigenvalue weighted by molar-refractivity contribution is 0.177. The zero-order valence-electron chi connectivity index (χ0n) is 9.73. The second kappa shape index (κ2) is 5.65. The molecule has 0 fully saturated rings. The number of aryl methyl sites for hydroxylation is 1. The van der Waals surface area contributed by atoms with Gasteiger partial charge in [0, 0.05) is 9.99 Å². The van der Waals surface area contributed by atoms with E-state index in [9.17, 15) is 5.11 Å². The fourth-order valence-corrected chi connectivity index (χ4v) is 2.55. The molecule has 0 aliphatic rings.